The number of amides is 1. The molecule has 0 aliphatic rings. The third-order valence-corrected chi connectivity index (χ3v) is 3.32. The minimum atomic E-state index is -1.09. The summed E-state index contributed by atoms with van der Waals surface area (Å²) in [6.07, 6.45) is 0.262. The number of anilines is 1. The molecule has 1 amide bonds. The summed E-state index contributed by atoms with van der Waals surface area (Å²) in [6.45, 7) is 1.40. The first-order valence-corrected chi connectivity index (χ1v) is 7.21. The number of carbonyl (C=O) groups excluding carboxylic acids is 2. The standard InChI is InChI=1S/C15H11Cl2FN2O3/c1-8(23-15(22)9-4-5-19-13(17)6-9)14(21)20-12-3-2-10(18)7-11(12)16/h2-8H,1H3,(H,20,21). The van der Waals surface area contributed by atoms with Crippen LogP contribution in [0.4, 0.5) is 10.1 Å². The Bertz CT molecular complexity index is 755. The van der Waals surface area contributed by atoms with Gasteiger partial charge in [0.15, 0.2) is 6.10 Å². The molecular formula is C15H11Cl2FN2O3. The highest BCUT2D eigenvalue weighted by molar-refractivity contribution is 6.33. The van der Waals surface area contributed by atoms with Crippen LogP contribution in [0.1, 0.15) is 17.3 Å². The number of halogens is 3. The van der Waals surface area contributed by atoms with Gasteiger partial charge >= 0.3 is 5.97 Å². The molecule has 1 aromatic carbocycles. The molecule has 23 heavy (non-hydrogen) atoms. The average molecular weight is 357 g/mol. The fourth-order valence-electron chi connectivity index (χ4n) is 1.64. The highest BCUT2D eigenvalue weighted by atomic mass is 35.5. The van der Waals surface area contributed by atoms with Crippen molar-refractivity contribution in [2.45, 2.75) is 13.0 Å². The molecule has 0 aliphatic heterocycles. The van der Waals surface area contributed by atoms with Crippen molar-refractivity contribution < 1.29 is 18.7 Å². The zero-order chi connectivity index (χ0) is 17.0. The molecule has 0 fully saturated rings. The largest absolute Gasteiger partial charge is 0.449 e. The molecule has 0 spiro atoms. The van der Waals surface area contributed by atoms with Crippen molar-refractivity contribution in [1.29, 1.82) is 0 Å². The summed E-state index contributed by atoms with van der Waals surface area (Å²) in [6, 6.07) is 6.26. The van der Waals surface area contributed by atoms with E-state index in [1.54, 1.807) is 0 Å². The number of esters is 1. The predicted molar refractivity (Wildman–Crippen MR) is 84.2 cm³/mol. The van der Waals surface area contributed by atoms with Crippen LogP contribution < -0.4 is 5.32 Å². The summed E-state index contributed by atoms with van der Waals surface area (Å²) < 4.78 is 18.0. The number of carbonyl (C=O) groups is 2. The lowest BCUT2D eigenvalue weighted by Gasteiger charge is -2.14. The summed E-state index contributed by atoms with van der Waals surface area (Å²) >= 11 is 11.5. The molecule has 1 atom stereocenters. The highest BCUT2D eigenvalue weighted by Crippen LogP contribution is 2.22. The van der Waals surface area contributed by atoms with Crippen LogP contribution in [0.25, 0.3) is 0 Å². The van der Waals surface area contributed by atoms with Gasteiger partial charge in [0.25, 0.3) is 5.91 Å². The maximum Gasteiger partial charge on any atom is 0.339 e. The first-order valence-electron chi connectivity index (χ1n) is 6.45. The molecule has 2 rings (SSSR count). The number of aromatic nitrogens is 1. The minimum absolute atomic E-state index is 0.0396. The Morgan fingerprint density at radius 1 is 1.26 bits per heavy atom. The van der Waals surface area contributed by atoms with E-state index in [0.717, 1.165) is 12.1 Å². The summed E-state index contributed by atoms with van der Waals surface area (Å²) in [5.74, 6) is -1.85. The first-order chi connectivity index (χ1) is 10.9. The number of nitrogens with zero attached hydrogens (tertiary/aromatic N) is 1. The van der Waals surface area contributed by atoms with Crippen molar-refractivity contribution >= 4 is 40.8 Å². The molecule has 1 heterocycles. The minimum Gasteiger partial charge on any atom is -0.449 e. The van der Waals surface area contributed by atoms with Gasteiger partial charge in [0, 0.05) is 6.20 Å². The molecule has 0 saturated carbocycles. The third-order valence-electron chi connectivity index (χ3n) is 2.80. The van der Waals surface area contributed by atoms with E-state index in [0.29, 0.717) is 0 Å². The van der Waals surface area contributed by atoms with Crippen LogP contribution in [0.5, 0.6) is 0 Å². The Hall–Kier alpha value is -2.18. The zero-order valence-corrected chi connectivity index (χ0v) is 13.4. The number of benzene rings is 1. The number of ether oxygens (including phenoxy) is 1. The van der Waals surface area contributed by atoms with Crippen LogP contribution in [0, 0.1) is 5.82 Å². The van der Waals surface area contributed by atoms with Crippen LogP contribution >= 0.6 is 23.2 Å². The molecule has 0 bridgehead atoms. The smallest absolute Gasteiger partial charge is 0.339 e. The van der Waals surface area contributed by atoms with Crippen LogP contribution in [0.2, 0.25) is 10.2 Å². The van der Waals surface area contributed by atoms with Gasteiger partial charge in [-0.3, -0.25) is 4.79 Å². The molecular weight excluding hydrogens is 346 g/mol. The number of hydrogen-bond acceptors (Lipinski definition) is 4. The maximum absolute atomic E-state index is 13.0. The van der Waals surface area contributed by atoms with Gasteiger partial charge in [0.2, 0.25) is 0 Å². The number of pyridine rings is 1. The molecule has 1 aromatic heterocycles. The van der Waals surface area contributed by atoms with E-state index in [-0.39, 0.29) is 21.4 Å². The van der Waals surface area contributed by atoms with Gasteiger partial charge in [-0.2, -0.15) is 0 Å². The molecule has 0 saturated heterocycles. The second kappa shape index (κ2) is 7.39. The quantitative estimate of drug-likeness (QED) is 0.669. The van der Waals surface area contributed by atoms with Gasteiger partial charge in [-0.1, -0.05) is 23.2 Å². The van der Waals surface area contributed by atoms with Crippen LogP contribution in [0.15, 0.2) is 36.5 Å². The lowest BCUT2D eigenvalue weighted by Crippen LogP contribution is -2.30. The summed E-state index contributed by atoms with van der Waals surface area (Å²) in [4.78, 5) is 27.7. The molecule has 8 heteroatoms. The molecule has 1 unspecified atom stereocenters. The van der Waals surface area contributed by atoms with Gasteiger partial charge in [0.1, 0.15) is 11.0 Å². The molecule has 0 radical (unpaired) electrons. The monoisotopic (exact) mass is 356 g/mol. The van der Waals surface area contributed by atoms with Crippen LogP contribution in [0.3, 0.4) is 0 Å². The first kappa shape index (κ1) is 17.2. The topological polar surface area (TPSA) is 68.3 Å². The fourth-order valence-corrected chi connectivity index (χ4v) is 2.03. The van der Waals surface area contributed by atoms with E-state index in [2.05, 4.69) is 10.3 Å². The number of rotatable bonds is 4. The molecule has 2 aromatic rings. The van der Waals surface area contributed by atoms with Crippen molar-refractivity contribution in [3.8, 4) is 0 Å². The van der Waals surface area contributed by atoms with E-state index < -0.39 is 23.8 Å². The van der Waals surface area contributed by atoms with E-state index >= 15 is 0 Å². The molecule has 5 nitrogen and oxygen atoms in total. The summed E-state index contributed by atoms with van der Waals surface area (Å²) in [7, 11) is 0. The van der Waals surface area contributed by atoms with Crippen LogP contribution in [-0.2, 0) is 9.53 Å². The van der Waals surface area contributed by atoms with Crippen molar-refractivity contribution in [2.24, 2.45) is 0 Å². The SMILES string of the molecule is CC(OC(=O)c1ccnc(Cl)c1)C(=O)Nc1ccc(F)cc1Cl. The Kier molecular flexibility index (Phi) is 5.52. The second-order valence-corrected chi connectivity index (χ2v) is 5.32. The maximum atomic E-state index is 13.0. The molecule has 0 aliphatic carbocycles. The number of hydrogen-bond donors (Lipinski definition) is 1. The van der Waals surface area contributed by atoms with Crippen molar-refractivity contribution in [2.75, 3.05) is 5.32 Å². The molecule has 1 N–H and O–H groups in total. The Labute approximate surface area is 141 Å². The lowest BCUT2D eigenvalue weighted by atomic mass is 10.2. The van der Waals surface area contributed by atoms with E-state index in [9.17, 15) is 14.0 Å². The highest BCUT2D eigenvalue weighted by Gasteiger charge is 2.20. The van der Waals surface area contributed by atoms with Crippen molar-refractivity contribution in [3.05, 3.63) is 58.1 Å². The Morgan fingerprint density at radius 2 is 2.00 bits per heavy atom. The second-order valence-electron chi connectivity index (χ2n) is 4.53. The van der Waals surface area contributed by atoms with E-state index in [1.165, 1.54) is 31.3 Å². The van der Waals surface area contributed by atoms with Gasteiger partial charge < -0.3 is 10.1 Å². The molecule has 120 valence electrons. The normalized spacial score (nSPS) is 11.7. The Morgan fingerprint density at radius 3 is 2.65 bits per heavy atom. The summed E-state index contributed by atoms with van der Waals surface area (Å²) in [5.41, 5.74) is 0.386. The average Bonchev–Trinajstić information content (AvgIpc) is 2.49. The van der Waals surface area contributed by atoms with Gasteiger partial charge in [0.05, 0.1) is 16.3 Å². The van der Waals surface area contributed by atoms with Crippen molar-refractivity contribution in [1.82, 2.24) is 4.98 Å². The van der Waals surface area contributed by atoms with Gasteiger partial charge in [-0.25, -0.2) is 14.2 Å². The lowest BCUT2D eigenvalue weighted by molar-refractivity contribution is -0.123. The fraction of sp³-hybridized carbons (Fsp3) is 0.133. The Balaban J connectivity index is 2.01. The number of nitrogens with one attached hydrogen (secondary N) is 1. The van der Waals surface area contributed by atoms with Gasteiger partial charge in [-0.05, 0) is 37.3 Å². The van der Waals surface area contributed by atoms with Gasteiger partial charge in [-0.15, -0.1) is 0 Å². The van der Waals surface area contributed by atoms with E-state index in [4.69, 9.17) is 27.9 Å². The zero-order valence-electron chi connectivity index (χ0n) is 11.8. The van der Waals surface area contributed by atoms with Crippen LogP contribution in [-0.4, -0.2) is 23.0 Å². The van der Waals surface area contributed by atoms with Crippen molar-refractivity contribution in [3.63, 3.8) is 0 Å². The van der Waals surface area contributed by atoms with E-state index in [1.807, 2.05) is 0 Å². The third kappa shape index (κ3) is 4.64. The predicted octanol–water partition coefficient (Wildman–Crippen LogP) is 3.71. The summed E-state index contributed by atoms with van der Waals surface area (Å²) in [5, 5.41) is 2.63.